The highest BCUT2D eigenvalue weighted by molar-refractivity contribution is 4.92. The molecule has 0 spiro atoms. The van der Waals surface area contributed by atoms with Gasteiger partial charge in [-0.2, -0.15) is 0 Å². The van der Waals surface area contributed by atoms with Crippen LogP contribution in [0.1, 0.15) is 19.3 Å². The van der Waals surface area contributed by atoms with Crippen molar-refractivity contribution in [3.8, 4) is 6.01 Å². The van der Waals surface area contributed by atoms with Gasteiger partial charge in [-0.1, -0.05) is 0 Å². The summed E-state index contributed by atoms with van der Waals surface area (Å²) in [6.07, 6.45) is 6.03. The molecule has 13 heavy (non-hydrogen) atoms. The van der Waals surface area contributed by atoms with E-state index < -0.39 is 0 Å². The number of ether oxygens (including phenoxy) is 1. The Hall–Kier alpha value is -1.16. The number of hydrogen-bond acceptors (Lipinski definition) is 4. The minimum absolute atomic E-state index is 0.252. The van der Waals surface area contributed by atoms with Crippen molar-refractivity contribution in [2.24, 2.45) is 0 Å². The van der Waals surface area contributed by atoms with E-state index in [1.807, 2.05) is 0 Å². The van der Waals surface area contributed by atoms with Gasteiger partial charge in [-0.3, -0.25) is 0 Å². The topological polar surface area (TPSA) is 55.2 Å². The number of hydrogen-bond donors (Lipinski definition) is 1. The summed E-state index contributed by atoms with van der Waals surface area (Å²) < 4.78 is 5.25. The van der Waals surface area contributed by atoms with Crippen molar-refractivity contribution in [2.45, 2.75) is 19.3 Å². The van der Waals surface area contributed by atoms with Gasteiger partial charge in [-0.15, -0.1) is 0 Å². The molecule has 0 aromatic carbocycles. The Labute approximate surface area is 77.6 Å². The average Bonchev–Trinajstić information content (AvgIpc) is 2.19. The average molecular weight is 182 g/mol. The number of unbranched alkanes of at least 4 members (excludes halogenated alkanes) is 2. The van der Waals surface area contributed by atoms with E-state index in [0.717, 1.165) is 19.3 Å². The highest BCUT2D eigenvalue weighted by Crippen LogP contribution is 2.00. The lowest BCUT2D eigenvalue weighted by atomic mass is 10.2. The van der Waals surface area contributed by atoms with Gasteiger partial charge in [0.05, 0.1) is 6.61 Å². The number of nitrogens with zero attached hydrogens (tertiary/aromatic N) is 2. The zero-order chi connectivity index (χ0) is 9.36. The largest absolute Gasteiger partial charge is 0.463 e. The van der Waals surface area contributed by atoms with E-state index in [2.05, 4.69) is 9.97 Å². The molecule has 0 amide bonds. The number of rotatable bonds is 6. The molecule has 0 atom stereocenters. The van der Waals surface area contributed by atoms with Crippen molar-refractivity contribution in [1.82, 2.24) is 9.97 Å². The molecule has 0 aliphatic carbocycles. The highest BCUT2D eigenvalue weighted by Gasteiger charge is 1.93. The maximum absolute atomic E-state index is 8.52. The third kappa shape index (κ3) is 4.42. The van der Waals surface area contributed by atoms with Crippen LogP contribution in [0.25, 0.3) is 0 Å². The van der Waals surface area contributed by atoms with E-state index in [1.54, 1.807) is 18.5 Å². The van der Waals surface area contributed by atoms with E-state index in [9.17, 15) is 0 Å². The molecule has 72 valence electrons. The van der Waals surface area contributed by atoms with Crippen molar-refractivity contribution >= 4 is 0 Å². The first-order valence-corrected chi connectivity index (χ1v) is 4.44. The fraction of sp³-hybridized carbons (Fsp3) is 0.556. The Morgan fingerprint density at radius 1 is 1.15 bits per heavy atom. The molecule has 0 unspecified atom stereocenters. The van der Waals surface area contributed by atoms with Gasteiger partial charge >= 0.3 is 6.01 Å². The maximum atomic E-state index is 8.52. The van der Waals surface area contributed by atoms with Crippen LogP contribution in [0.2, 0.25) is 0 Å². The predicted molar refractivity (Wildman–Crippen MR) is 48.5 cm³/mol. The summed E-state index contributed by atoms with van der Waals surface area (Å²) in [5.41, 5.74) is 0. The third-order valence-corrected chi connectivity index (χ3v) is 1.58. The molecule has 0 saturated heterocycles. The van der Waals surface area contributed by atoms with Crippen molar-refractivity contribution in [3.63, 3.8) is 0 Å². The van der Waals surface area contributed by atoms with Gasteiger partial charge in [0.25, 0.3) is 0 Å². The monoisotopic (exact) mass is 182 g/mol. The van der Waals surface area contributed by atoms with Crippen molar-refractivity contribution < 1.29 is 9.84 Å². The van der Waals surface area contributed by atoms with E-state index in [0.29, 0.717) is 12.6 Å². The van der Waals surface area contributed by atoms with Crippen LogP contribution in [0, 0.1) is 0 Å². The molecule has 1 rings (SSSR count). The molecular weight excluding hydrogens is 168 g/mol. The standard InChI is InChI=1S/C9H14N2O2/c12-7-2-1-3-8-13-9-10-5-4-6-11-9/h4-6,12H,1-3,7-8H2. The maximum Gasteiger partial charge on any atom is 0.316 e. The van der Waals surface area contributed by atoms with Crippen LogP contribution in [0.5, 0.6) is 6.01 Å². The quantitative estimate of drug-likeness (QED) is 0.667. The molecule has 0 aliphatic rings. The van der Waals surface area contributed by atoms with Gasteiger partial charge in [0.2, 0.25) is 0 Å². The third-order valence-electron chi connectivity index (χ3n) is 1.58. The molecule has 0 saturated carbocycles. The summed E-state index contributed by atoms with van der Waals surface area (Å²) in [5.74, 6) is 0. The highest BCUT2D eigenvalue weighted by atomic mass is 16.5. The lowest BCUT2D eigenvalue weighted by Gasteiger charge is -2.02. The van der Waals surface area contributed by atoms with Gasteiger partial charge in [-0.25, -0.2) is 9.97 Å². The Bertz CT molecular complexity index is 216. The molecule has 0 radical (unpaired) electrons. The molecule has 1 heterocycles. The summed E-state index contributed by atoms with van der Waals surface area (Å²) >= 11 is 0. The molecule has 0 bridgehead atoms. The molecule has 0 fully saturated rings. The Morgan fingerprint density at radius 3 is 2.62 bits per heavy atom. The molecule has 0 aliphatic heterocycles. The van der Waals surface area contributed by atoms with Gasteiger partial charge in [-0.05, 0) is 25.3 Å². The molecule has 1 N–H and O–H groups in total. The van der Waals surface area contributed by atoms with Crippen LogP contribution >= 0.6 is 0 Å². The number of aliphatic hydroxyl groups is 1. The van der Waals surface area contributed by atoms with E-state index in [4.69, 9.17) is 9.84 Å². The van der Waals surface area contributed by atoms with E-state index in [-0.39, 0.29) is 6.61 Å². The first-order valence-electron chi connectivity index (χ1n) is 4.44. The second kappa shape index (κ2) is 6.37. The Morgan fingerprint density at radius 2 is 1.92 bits per heavy atom. The molecule has 4 nitrogen and oxygen atoms in total. The molecular formula is C9H14N2O2. The summed E-state index contributed by atoms with van der Waals surface area (Å²) in [7, 11) is 0. The lowest BCUT2D eigenvalue weighted by molar-refractivity contribution is 0.257. The van der Waals surface area contributed by atoms with Crippen LogP contribution in [-0.4, -0.2) is 28.3 Å². The normalized spacial score (nSPS) is 9.92. The predicted octanol–water partition coefficient (Wildman–Crippen LogP) is 1.02. The zero-order valence-corrected chi connectivity index (χ0v) is 7.52. The number of aliphatic hydroxyl groups excluding tert-OH is 1. The van der Waals surface area contributed by atoms with Gasteiger partial charge < -0.3 is 9.84 Å². The van der Waals surface area contributed by atoms with E-state index >= 15 is 0 Å². The second-order valence-corrected chi connectivity index (χ2v) is 2.66. The smallest absolute Gasteiger partial charge is 0.316 e. The lowest BCUT2D eigenvalue weighted by Crippen LogP contribution is -2.00. The minimum Gasteiger partial charge on any atom is -0.463 e. The Balaban J connectivity index is 2.07. The summed E-state index contributed by atoms with van der Waals surface area (Å²) in [6.45, 7) is 0.867. The van der Waals surface area contributed by atoms with Crippen LogP contribution < -0.4 is 4.74 Å². The van der Waals surface area contributed by atoms with Crippen molar-refractivity contribution in [3.05, 3.63) is 18.5 Å². The van der Waals surface area contributed by atoms with E-state index in [1.165, 1.54) is 0 Å². The summed E-state index contributed by atoms with van der Waals surface area (Å²) in [4.78, 5) is 7.83. The number of aromatic nitrogens is 2. The first kappa shape index (κ1) is 9.92. The zero-order valence-electron chi connectivity index (χ0n) is 7.52. The fourth-order valence-corrected chi connectivity index (χ4v) is 0.914. The van der Waals surface area contributed by atoms with Crippen molar-refractivity contribution in [2.75, 3.05) is 13.2 Å². The van der Waals surface area contributed by atoms with Crippen molar-refractivity contribution in [1.29, 1.82) is 0 Å². The second-order valence-electron chi connectivity index (χ2n) is 2.66. The molecule has 4 heteroatoms. The van der Waals surface area contributed by atoms with Gasteiger partial charge in [0, 0.05) is 19.0 Å². The minimum atomic E-state index is 0.252. The summed E-state index contributed by atoms with van der Waals surface area (Å²) in [6, 6.07) is 2.17. The van der Waals surface area contributed by atoms with Crippen LogP contribution in [-0.2, 0) is 0 Å². The van der Waals surface area contributed by atoms with Gasteiger partial charge in [0.1, 0.15) is 0 Å². The van der Waals surface area contributed by atoms with Crippen LogP contribution in [0.4, 0.5) is 0 Å². The first-order chi connectivity index (χ1) is 6.43. The molecule has 1 aromatic heterocycles. The summed E-state index contributed by atoms with van der Waals surface area (Å²) in [5, 5.41) is 8.52. The van der Waals surface area contributed by atoms with Gasteiger partial charge in [0.15, 0.2) is 0 Å². The Kier molecular flexibility index (Phi) is 4.86. The fourth-order valence-electron chi connectivity index (χ4n) is 0.914. The van der Waals surface area contributed by atoms with Crippen LogP contribution in [0.15, 0.2) is 18.5 Å². The van der Waals surface area contributed by atoms with Crippen LogP contribution in [0.3, 0.4) is 0 Å². The molecule has 1 aromatic rings. The SMILES string of the molecule is OCCCCCOc1ncccn1.